The Morgan fingerprint density at radius 1 is 1.30 bits per heavy atom. The molecule has 112 valence electrons. The highest BCUT2D eigenvalue weighted by Gasteiger charge is 2.09. The lowest BCUT2D eigenvalue weighted by Crippen LogP contribution is -2.35. The van der Waals surface area contributed by atoms with Gasteiger partial charge in [0.15, 0.2) is 0 Å². The number of nitrogens with one attached hydrogen (secondary N) is 2. The number of sulfonamides is 1. The molecule has 2 N–H and O–H groups in total. The fourth-order valence-corrected chi connectivity index (χ4v) is 2.94. The zero-order valence-electron chi connectivity index (χ0n) is 11.4. The van der Waals surface area contributed by atoms with Crippen LogP contribution in [0.3, 0.4) is 0 Å². The van der Waals surface area contributed by atoms with Gasteiger partial charge in [-0.2, -0.15) is 0 Å². The lowest BCUT2D eigenvalue weighted by Gasteiger charge is -2.08. The Bertz CT molecular complexity index is 546. The van der Waals surface area contributed by atoms with Gasteiger partial charge in [-0.05, 0) is 24.6 Å². The van der Waals surface area contributed by atoms with E-state index < -0.39 is 10.0 Å². The van der Waals surface area contributed by atoms with Gasteiger partial charge in [0.05, 0.1) is 5.75 Å². The molecule has 1 amide bonds. The number of rotatable bonds is 8. The van der Waals surface area contributed by atoms with Crippen molar-refractivity contribution in [2.24, 2.45) is 0 Å². The summed E-state index contributed by atoms with van der Waals surface area (Å²) in [5.41, 5.74) is 0.450. The first kappa shape index (κ1) is 16.9. The van der Waals surface area contributed by atoms with Crippen LogP contribution in [0.1, 0.15) is 30.1 Å². The summed E-state index contributed by atoms with van der Waals surface area (Å²) in [5.74, 6) is -0.161. The molecule has 0 saturated carbocycles. The third-order valence-corrected chi connectivity index (χ3v) is 4.29. The average Bonchev–Trinajstić information content (AvgIpc) is 2.41. The van der Waals surface area contributed by atoms with Crippen LogP contribution in [0.25, 0.3) is 0 Å². The van der Waals surface area contributed by atoms with Crippen molar-refractivity contribution < 1.29 is 13.2 Å². The minimum Gasteiger partial charge on any atom is -0.351 e. The molecule has 0 atom stereocenters. The number of carbonyl (C=O) groups excluding carboxylic acids is 1. The molecule has 0 spiro atoms. The molecule has 0 aliphatic heterocycles. The smallest absolute Gasteiger partial charge is 0.251 e. The van der Waals surface area contributed by atoms with Crippen molar-refractivity contribution in [3.8, 4) is 0 Å². The number of benzene rings is 1. The van der Waals surface area contributed by atoms with Gasteiger partial charge in [0.2, 0.25) is 10.0 Å². The van der Waals surface area contributed by atoms with Gasteiger partial charge >= 0.3 is 0 Å². The highest BCUT2D eigenvalue weighted by molar-refractivity contribution is 7.89. The second-order valence-corrected chi connectivity index (χ2v) is 6.70. The van der Waals surface area contributed by atoms with Crippen molar-refractivity contribution in [2.45, 2.75) is 19.8 Å². The summed E-state index contributed by atoms with van der Waals surface area (Å²) in [7, 11) is -3.24. The van der Waals surface area contributed by atoms with Gasteiger partial charge in [-0.15, -0.1) is 0 Å². The van der Waals surface area contributed by atoms with Crippen molar-refractivity contribution in [1.82, 2.24) is 10.0 Å². The van der Waals surface area contributed by atoms with Crippen molar-refractivity contribution in [3.05, 3.63) is 34.9 Å². The van der Waals surface area contributed by atoms with Gasteiger partial charge in [-0.25, -0.2) is 13.1 Å². The topological polar surface area (TPSA) is 75.3 Å². The SMILES string of the molecule is CCCCS(=O)(=O)NCCNC(=O)c1cccc(Cl)c1. The summed E-state index contributed by atoms with van der Waals surface area (Å²) < 4.78 is 25.5. The van der Waals surface area contributed by atoms with Crippen LogP contribution in [-0.4, -0.2) is 33.2 Å². The normalized spacial score (nSPS) is 11.3. The Morgan fingerprint density at radius 3 is 2.70 bits per heavy atom. The molecule has 1 aromatic carbocycles. The standard InChI is InChI=1S/C13H19ClN2O3S/c1-2-3-9-20(18,19)16-8-7-15-13(17)11-5-4-6-12(14)10-11/h4-6,10,16H,2-3,7-9H2,1H3,(H,15,17). The van der Waals surface area contributed by atoms with Gasteiger partial charge in [0.25, 0.3) is 5.91 Å². The summed E-state index contributed by atoms with van der Waals surface area (Å²) >= 11 is 5.79. The largest absolute Gasteiger partial charge is 0.351 e. The Hall–Kier alpha value is -1.11. The second kappa shape index (κ2) is 8.24. The fraction of sp³-hybridized carbons (Fsp3) is 0.462. The Labute approximate surface area is 124 Å². The second-order valence-electron chi connectivity index (χ2n) is 4.33. The highest BCUT2D eigenvalue weighted by Crippen LogP contribution is 2.10. The molecule has 1 rings (SSSR count). The molecule has 0 radical (unpaired) electrons. The molecule has 20 heavy (non-hydrogen) atoms. The van der Waals surface area contributed by atoms with Crippen molar-refractivity contribution in [1.29, 1.82) is 0 Å². The zero-order chi connectivity index (χ0) is 15.0. The van der Waals surface area contributed by atoms with E-state index in [0.29, 0.717) is 17.0 Å². The van der Waals surface area contributed by atoms with Crippen LogP contribution in [-0.2, 0) is 10.0 Å². The Morgan fingerprint density at radius 2 is 2.05 bits per heavy atom. The van der Waals surface area contributed by atoms with E-state index in [1.54, 1.807) is 24.3 Å². The van der Waals surface area contributed by atoms with Gasteiger partial charge in [0.1, 0.15) is 0 Å². The van der Waals surface area contributed by atoms with Crippen molar-refractivity contribution in [3.63, 3.8) is 0 Å². The number of hydrogen-bond donors (Lipinski definition) is 2. The van der Waals surface area contributed by atoms with Gasteiger partial charge in [0, 0.05) is 23.7 Å². The molecule has 0 unspecified atom stereocenters. The number of carbonyl (C=O) groups is 1. The average molecular weight is 319 g/mol. The molecule has 1 aromatic rings. The number of unbranched alkanes of at least 4 members (excludes halogenated alkanes) is 1. The molecule has 0 bridgehead atoms. The van der Waals surface area contributed by atoms with Crippen molar-refractivity contribution in [2.75, 3.05) is 18.8 Å². The Balaban J connectivity index is 2.33. The maximum absolute atomic E-state index is 11.7. The summed E-state index contributed by atoms with van der Waals surface area (Å²) in [6, 6.07) is 6.57. The van der Waals surface area contributed by atoms with Gasteiger partial charge in [-0.1, -0.05) is 31.0 Å². The first-order chi connectivity index (χ1) is 9.44. The minimum atomic E-state index is -3.24. The zero-order valence-corrected chi connectivity index (χ0v) is 12.9. The fourth-order valence-electron chi connectivity index (χ4n) is 1.52. The first-order valence-electron chi connectivity index (χ1n) is 6.45. The lowest BCUT2D eigenvalue weighted by atomic mass is 10.2. The highest BCUT2D eigenvalue weighted by atomic mass is 35.5. The van der Waals surface area contributed by atoms with E-state index in [9.17, 15) is 13.2 Å². The Kier molecular flexibility index (Phi) is 6.98. The molecule has 5 nitrogen and oxygen atoms in total. The maximum Gasteiger partial charge on any atom is 0.251 e. The molecular formula is C13H19ClN2O3S. The quantitative estimate of drug-likeness (QED) is 0.718. The van der Waals surface area contributed by atoms with E-state index in [1.807, 2.05) is 6.92 Å². The molecule has 0 heterocycles. The third-order valence-electron chi connectivity index (χ3n) is 2.59. The van der Waals surface area contributed by atoms with E-state index in [4.69, 9.17) is 11.6 Å². The van der Waals surface area contributed by atoms with Crippen LogP contribution in [0.2, 0.25) is 5.02 Å². The van der Waals surface area contributed by atoms with E-state index in [-0.39, 0.29) is 24.7 Å². The predicted octanol–water partition coefficient (Wildman–Crippen LogP) is 1.79. The van der Waals surface area contributed by atoms with Gasteiger partial charge in [-0.3, -0.25) is 4.79 Å². The summed E-state index contributed by atoms with van der Waals surface area (Å²) in [5, 5.41) is 3.11. The van der Waals surface area contributed by atoms with E-state index in [1.165, 1.54) is 0 Å². The summed E-state index contributed by atoms with van der Waals surface area (Å²) in [4.78, 5) is 11.7. The third kappa shape index (κ3) is 6.36. The maximum atomic E-state index is 11.7. The van der Waals surface area contributed by atoms with Crippen LogP contribution in [0.15, 0.2) is 24.3 Å². The van der Waals surface area contributed by atoms with Crippen LogP contribution in [0, 0.1) is 0 Å². The van der Waals surface area contributed by atoms with E-state index in [0.717, 1.165) is 6.42 Å². The monoisotopic (exact) mass is 318 g/mol. The van der Waals surface area contributed by atoms with Crippen LogP contribution in [0.4, 0.5) is 0 Å². The molecule has 0 fully saturated rings. The summed E-state index contributed by atoms with van der Waals surface area (Å²) in [6.07, 6.45) is 1.45. The molecular weight excluding hydrogens is 300 g/mol. The first-order valence-corrected chi connectivity index (χ1v) is 8.49. The van der Waals surface area contributed by atoms with Crippen LogP contribution >= 0.6 is 11.6 Å². The molecule has 7 heteroatoms. The predicted molar refractivity (Wildman–Crippen MR) is 80.5 cm³/mol. The molecule has 0 aromatic heterocycles. The van der Waals surface area contributed by atoms with Crippen LogP contribution < -0.4 is 10.0 Å². The van der Waals surface area contributed by atoms with Crippen molar-refractivity contribution >= 4 is 27.5 Å². The summed E-state index contributed by atoms with van der Waals surface area (Å²) in [6.45, 7) is 2.34. The molecule has 0 saturated heterocycles. The number of hydrogen-bond acceptors (Lipinski definition) is 3. The number of amides is 1. The van der Waals surface area contributed by atoms with Gasteiger partial charge < -0.3 is 5.32 Å². The lowest BCUT2D eigenvalue weighted by molar-refractivity contribution is 0.0954. The molecule has 0 aliphatic carbocycles. The molecule has 0 aliphatic rings. The van der Waals surface area contributed by atoms with E-state index >= 15 is 0 Å². The minimum absolute atomic E-state index is 0.117. The van der Waals surface area contributed by atoms with E-state index in [2.05, 4.69) is 10.0 Å². The number of halogens is 1. The van der Waals surface area contributed by atoms with Crippen LogP contribution in [0.5, 0.6) is 0 Å².